The summed E-state index contributed by atoms with van der Waals surface area (Å²) in [6.07, 6.45) is 0. The molecule has 0 bridgehead atoms. The van der Waals surface area contributed by atoms with E-state index in [1.54, 1.807) is 11.6 Å². The van der Waals surface area contributed by atoms with Gasteiger partial charge in [0.15, 0.2) is 0 Å². The highest BCUT2D eigenvalue weighted by atomic mass is 16.2. The Morgan fingerprint density at radius 1 is 1.53 bits per heavy atom. The average Bonchev–Trinajstić information content (AvgIpc) is 2.37. The van der Waals surface area contributed by atoms with Gasteiger partial charge in [0.05, 0.1) is 11.4 Å². The number of primary amides is 1. The van der Waals surface area contributed by atoms with E-state index in [4.69, 9.17) is 5.73 Å². The van der Waals surface area contributed by atoms with Crippen LogP contribution in [0.4, 0.5) is 4.79 Å². The molecule has 0 unspecified atom stereocenters. The first-order valence-electron chi connectivity index (χ1n) is 4.53. The van der Waals surface area contributed by atoms with Crippen LogP contribution in [-0.4, -0.2) is 21.5 Å². The SMILES string of the molecule is CC(=NNC(N)=O)c1c(C)nn(C)c1C. The zero-order valence-electron chi connectivity index (χ0n) is 9.33. The van der Waals surface area contributed by atoms with Crippen molar-refractivity contribution >= 4 is 11.7 Å². The van der Waals surface area contributed by atoms with Gasteiger partial charge in [-0.1, -0.05) is 0 Å². The number of aryl methyl sites for hydroxylation is 2. The minimum atomic E-state index is -0.673. The fraction of sp³-hybridized carbons (Fsp3) is 0.444. The second kappa shape index (κ2) is 4.12. The number of urea groups is 1. The number of aromatic nitrogens is 2. The molecule has 0 aliphatic carbocycles. The minimum Gasteiger partial charge on any atom is -0.350 e. The number of nitrogens with zero attached hydrogens (tertiary/aromatic N) is 3. The van der Waals surface area contributed by atoms with Crippen molar-refractivity contribution in [3.63, 3.8) is 0 Å². The van der Waals surface area contributed by atoms with E-state index >= 15 is 0 Å². The molecular weight excluding hydrogens is 194 g/mol. The number of hydrogen-bond donors (Lipinski definition) is 2. The third-order valence-corrected chi connectivity index (χ3v) is 2.20. The highest BCUT2D eigenvalue weighted by Gasteiger charge is 2.11. The topological polar surface area (TPSA) is 85.3 Å². The second-order valence-electron chi connectivity index (χ2n) is 3.34. The number of nitrogens with two attached hydrogens (primary N) is 1. The van der Waals surface area contributed by atoms with E-state index < -0.39 is 6.03 Å². The molecule has 1 rings (SSSR count). The van der Waals surface area contributed by atoms with Gasteiger partial charge in [0, 0.05) is 18.3 Å². The van der Waals surface area contributed by atoms with E-state index in [1.165, 1.54) is 0 Å². The normalized spacial score (nSPS) is 11.6. The van der Waals surface area contributed by atoms with Crippen LogP contribution < -0.4 is 11.2 Å². The Hall–Kier alpha value is -1.85. The first kappa shape index (κ1) is 11.2. The van der Waals surface area contributed by atoms with Crippen molar-refractivity contribution in [3.8, 4) is 0 Å². The highest BCUT2D eigenvalue weighted by molar-refractivity contribution is 6.01. The van der Waals surface area contributed by atoms with Gasteiger partial charge in [-0.25, -0.2) is 10.2 Å². The summed E-state index contributed by atoms with van der Waals surface area (Å²) in [7, 11) is 1.86. The Labute approximate surface area is 88.1 Å². The number of hydrogen-bond acceptors (Lipinski definition) is 3. The van der Waals surface area contributed by atoms with Gasteiger partial charge in [-0.2, -0.15) is 10.2 Å². The first-order valence-corrected chi connectivity index (χ1v) is 4.53. The Bertz CT molecular complexity index is 418. The summed E-state index contributed by atoms with van der Waals surface area (Å²) in [5.41, 5.74) is 10.6. The van der Waals surface area contributed by atoms with Gasteiger partial charge in [0.1, 0.15) is 0 Å². The molecule has 1 aromatic rings. The van der Waals surface area contributed by atoms with Gasteiger partial charge in [-0.3, -0.25) is 4.68 Å². The standard InChI is InChI=1S/C9H15N5O/c1-5(11-12-9(10)15)8-6(2)13-14(4)7(8)3/h1-4H3,(H3,10,12,15). The number of carbonyl (C=O) groups is 1. The van der Waals surface area contributed by atoms with Gasteiger partial charge in [0.2, 0.25) is 0 Å². The molecule has 2 amide bonds. The predicted octanol–water partition coefficient (Wildman–Crippen LogP) is 0.429. The van der Waals surface area contributed by atoms with E-state index in [-0.39, 0.29) is 0 Å². The lowest BCUT2D eigenvalue weighted by atomic mass is 10.1. The van der Waals surface area contributed by atoms with Crippen LogP contribution in [0.15, 0.2) is 5.10 Å². The van der Waals surface area contributed by atoms with Crippen molar-refractivity contribution in [3.05, 3.63) is 17.0 Å². The maximum absolute atomic E-state index is 10.5. The fourth-order valence-electron chi connectivity index (χ4n) is 1.49. The second-order valence-corrected chi connectivity index (χ2v) is 3.34. The van der Waals surface area contributed by atoms with Crippen LogP contribution in [0, 0.1) is 13.8 Å². The van der Waals surface area contributed by atoms with Crippen molar-refractivity contribution in [1.82, 2.24) is 15.2 Å². The quantitative estimate of drug-likeness (QED) is 0.546. The summed E-state index contributed by atoms with van der Waals surface area (Å²) >= 11 is 0. The van der Waals surface area contributed by atoms with Crippen LogP contribution >= 0.6 is 0 Å². The molecule has 6 heteroatoms. The average molecular weight is 209 g/mol. The van der Waals surface area contributed by atoms with Crippen LogP contribution in [0.3, 0.4) is 0 Å². The Morgan fingerprint density at radius 3 is 2.53 bits per heavy atom. The summed E-state index contributed by atoms with van der Waals surface area (Å²) in [6, 6.07) is -0.673. The summed E-state index contributed by atoms with van der Waals surface area (Å²) in [5.74, 6) is 0. The van der Waals surface area contributed by atoms with Gasteiger partial charge >= 0.3 is 6.03 Å². The van der Waals surface area contributed by atoms with Crippen molar-refractivity contribution in [1.29, 1.82) is 0 Å². The minimum absolute atomic E-state index is 0.673. The molecule has 0 spiro atoms. The number of carbonyl (C=O) groups excluding carboxylic acids is 1. The van der Waals surface area contributed by atoms with Crippen molar-refractivity contribution in [2.24, 2.45) is 17.9 Å². The van der Waals surface area contributed by atoms with E-state index in [0.717, 1.165) is 17.0 Å². The molecule has 0 atom stereocenters. The van der Waals surface area contributed by atoms with E-state index in [2.05, 4.69) is 15.6 Å². The molecule has 1 heterocycles. The number of nitrogens with one attached hydrogen (secondary N) is 1. The summed E-state index contributed by atoms with van der Waals surface area (Å²) < 4.78 is 1.77. The molecule has 0 aliphatic heterocycles. The summed E-state index contributed by atoms with van der Waals surface area (Å²) in [6.45, 7) is 5.64. The third kappa shape index (κ3) is 2.34. The van der Waals surface area contributed by atoms with Crippen LogP contribution in [0.25, 0.3) is 0 Å². The molecule has 0 saturated heterocycles. The molecule has 0 radical (unpaired) electrons. The lowest BCUT2D eigenvalue weighted by Gasteiger charge is -2.01. The van der Waals surface area contributed by atoms with Crippen molar-refractivity contribution < 1.29 is 4.79 Å². The molecule has 15 heavy (non-hydrogen) atoms. The maximum Gasteiger partial charge on any atom is 0.332 e. The van der Waals surface area contributed by atoms with E-state index in [1.807, 2.05) is 20.9 Å². The molecule has 0 aliphatic rings. The smallest absolute Gasteiger partial charge is 0.332 e. The van der Waals surface area contributed by atoms with Crippen LogP contribution in [0.1, 0.15) is 23.9 Å². The Balaban J connectivity index is 3.05. The number of amides is 2. The van der Waals surface area contributed by atoms with Crippen LogP contribution in [0.5, 0.6) is 0 Å². The van der Waals surface area contributed by atoms with E-state index in [0.29, 0.717) is 5.71 Å². The zero-order chi connectivity index (χ0) is 11.6. The van der Waals surface area contributed by atoms with E-state index in [9.17, 15) is 4.79 Å². The summed E-state index contributed by atoms with van der Waals surface area (Å²) in [4.78, 5) is 10.5. The molecule has 3 N–H and O–H groups in total. The monoisotopic (exact) mass is 209 g/mol. The number of hydrazone groups is 1. The van der Waals surface area contributed by atoms with Crippen LogP contribution in [-0.2, 0) is 7.05 Å². The Kier molecular flexibility index (Phi) is 3.08. The van der Waals surface area contributed by atoms with Gasteiger partial charge in [-0.05, 0) is 20.8 Å². The van der Waals surface area contributed by atoms with Crippen LogP contribution in [0.2, 0.25) is 0 Å². The number of rotatable bonds is 2. The lowest BCUT2D eigenvalue weighted by molar-refractivity contribution is 0.249. The molecule has 0 saturated carbocycles. The van der Waals surface area contributed by atoms with Crippen molar-refractivity contribution in [2.45, 2.75) is 20.8 Å². The molecule has 0 aromatic carbocycles. The predicted molar refractivity (Wildman–Crippen MR) is 57.6 cm³/mol. The van der Waals surface area contributed by atoms with Gasteiger partial charge in [0.25, 0.3) is 0 Å². The first-order chi connectivity index (χ1) is 6.93. The zero-order valence-corrected chi connectivity index (χ0v) is 9.33. The third-order valence-electron chi connectivity index (χ3n) is 2.20. The lowest BCUT2D eigenvalue weighted by Crippen LogP contribution is -2.25. The molecule has 1 aromatic heterocycles. The van der Waals surface area contributed by atoms with Crippen molar-refractivity contribution in [2.75, 3.05) is 0 Å². The molecular formula is C9H15N5O. The molecule has 82 valence electrons. The molecule has 0 fully saturated rings. The van der Waals surface area contributed by atoms with Gasteiger partial charge < -0.3 is 5.73 Å². The highest BCUT2D eigenvalue weighted by Crippen LogP contribution is 2.12. The summed E-state index contributed by atoms with van der Waals surface area (Å²) in [5, 5.41) is 8.12. The fourth-order valence-corrected chi connectivity index (χ4v) is 1.49. The Morgan fingerprint density at radius 2 is 2.13 bits per heavy atom. The maximum atomic E-state index is 10.5. The van der Waals surface area contributed by atoms with Gasteiger partial charge in [-0.15, -0.1) is 0 Å². The largest absolute Gasteiger partial charge is 0.350 e. The molecule has 6 nitrogen and oxygen atoms in total.